The molecule has 1 unspecified atom stereocenters. The molecule has 0 spiro atoms. The number of amides is 1. The SMILES string of the molecule is COCC(C)NC(=O)CS(=O)(=O)c1ccc(F)c(Cl)c1. The summed E-state index contributed by atoms with van der Waals surface area (Å²) in [5.74, 6) is -2.11. The van der Waals surface area contributed by atoms with Crippen LogP contribution < -0.4 is 5.32 Å². The third-order valence-corrected chi connectivity index (χ3v) is 4.30. The summed E-state index contributed by atoms with van der Waals surface area (Å²) in [7, 11) is -2.39. The van der Waals surface area contributed by atoms with Gasteiger partial charge in [-0.2, -0.15) is 0 Å². The summed E-state index contributed by atoms with van der Waals surface area (Å²) in [5.41, 5.74) is 0. The second-order valence-corrected chi connectivity index (χ2v) is 6.66. The van der Waals surface area contributed by atoms with Crippen molar-refractivity contribution in [2.24, 2.45) is 0 Å². The van der Waals surface area contributed by atoms with E-state index in [-0.39, 0.29) is 22.6 Å². The Morgan fingerprint density at radius 1 is 1.50 bits per heavy atom. The quantitative estimate of drug-likeness (QED) is 0.803. The first kappa shape index (κ1) is 16.9. The number of halogens is 2. The smallest absolute Gasteiger partial charge is 0.235 e. The predicted molar refractivity (Wildman–Crippen MR) is 72.9 cm³/mol. The molecule has 0 saturated heterocycles. The number of hydrogen-bond acceptors (Lipinski definition) is 4. The lowest BCUT2D eigenvalue weighted by atomic mass is 10.3. The third-order valence-electron chi connectivity index (χ3n) is 2.40. The average Bonchev–Trinajstić information content (AvgIpc) is 2.31. The number of rotatable bonds is 6. The summed E-state index contributed by atoms with van der Waals surface area (Å²) in [6.45, 7) is 1.96. The van der Waals surface area contributed by atoms with Gasteiger partial charge in [-0.05, 0) is 25.1 Å². The van der Waals surface area contributed by atoms with Crippen LogP contribution in [-0.4, -0.2) is 39.8 Å². The number of ether oxygens (including phenoxy) is 1. The van der Waals surface area contributed by atoms with Crippen molar-refractivity contribution >= 4 is 27.3 Å². The lowest BCUT2D eigenvalue weighted by Gasteiger charge is -2.12. The highest BCUT2D eigenvalue weighted by Gasteiger charge is 2.21. The fourth-order valence-corrected chi connectivity index (χ4v) is 2.95. The van der Waals surface area contributed by atoms with E-state index in [9.17, 15) is 17.6 Å². The van der Waals surface area contributed by atoms with Crippen LogP contribution in [0.1, 0.15) is 6.92 Å². The van der Waals surface area contributed by atoms with Crippen molar-refractivity contribution in [1.82, 2.24) is 5.32 Å². The van der Waals surface area contributed by atoms with Crippen LogP contribution >= 0.6 is 11.6 Å². The van der Waals surface area contributed by atoms with Crippen molar-refractivity contribution in [1.29, 1.82) is 0 Å². The van der Waals surface area contributed by atoms with E-state index < -0.39 is 27.3 Å². The van der Waals surface area contributed by atoms with E-state index in [2.05, 4.69) is 5.32 Å². The molecule has 0 heterocycles. The summed E-state index contributed by atoms with van der Waals surface area (Å²) < 4.78 is 41.8. The standard InChI is InChI=1S/C12H15ClFNO4S/c1-8(6-19-2)15-12(16)7-20(17,18)9-3-4-11(14)10(13)5-9/h3-5,8H,6-7H2,1-2H3,(H,15,16). The molecule has 112 valence electrons. The molecule has 1 amide bonds. The molecule has 1 rings (SSSR count). The Hall–Kier alpha value is -1.18. The highest BCUT2D eigenvalue weighted by atomic mass is 35.5. The molecule has 0 aliphatic heterocycles. The lowest BCUT2D eigenvalue weighted by molar-refractivity contribution is -0.119. The van der Waals surface area contributed by atoms with Crippen LogP contribution in [0.4, 0.5) is 4.39 Å². The Labute approximate surface area is 122 Å². The summed E-state index contributed by atoms with van der Waals surface area (Å²) in [5, 5.41) is 2.18. The topological polar surface area (TPSA) is 72.5 Å². The van der Waals surface area contributed by atoms with Gasteiger partial charge in [-0.1, -0.05) is 11.6 Å². The minimum atomic E-state index is -3.86. The first-order valence-electron chi connectivity index (χ1n) is 5.72. The van der Waals surface area contributed by atoms with Gasteiger partial charge in [-0.15, -0.1) is 0 Å². The highest BCUT2D eigenvalue weighted by molar-refractivity contribution is 7.92. The van der Waals surface area contributed by atoms with Crippen molar-refractivity contribution in [2.75, 3.05) is 19.5 Å². The number of methoxy groups -OCH3 is 1. The number of benzene rings is 1. The monoisotopic (exact) mass is 323 g/mol. The minimum Gasteiger partial charge on any atom is -0.383 e. The second-order valence-electron chi connectivity index (χ2n) is 4.26. The maximum Gasteiger partial charge on any atom is 0.235 e. The van der Waals surface area contributed by atoms with Gasteiger partial charge < -0.3 is 10.1 Å². The van der Waals surface area contributed by atoms with Crippen LogP contribution in [0.15, 0.2) is 23.1 Å². The first-order valence-corrected chi connectivity index (χ1v) is 7.75. The molecule has 1 aromatic rings. The first-order chi connectivity index (χ1) is 9.26. The Bertz CT molecular complexity index is 591. The molecule has 20 heavy (non-hydrogen) atoms. The van der Waals surface area contributed by atoms with Crippen LogP contribution in [0.2, 0.25) is 5.02 Å². The molecule has 8 heteroatoms. The van der Waals surface area contributed by atoms with E-state index in [1.54, 1.807) is 6.92 Å². The Kier molecular flexibility index (Phi) is 5.91. The summed E-state index contributed by atoms with van der Waals surface area (Å²) in [6, 6.07) is 2.70. The fraction of sp³-hybridized carbons (Fsp3) is 0.417. The zero-order valence-corrected chi connectivity index (χ0v) is 12.6. The van der Waals surface area contributed by atoms with E-state index in [1.807, 2.05) is 0 Å². The molecule has 1 aromatic carbocycles. The van der Waals surface area contributed by atoms with E-state index in [0.717, 1.165) is 18.2 Å². The van der Waals surface area contributed by atoms with Crippen molar-refractivity contribution in [2.45, 2.75) is 17.9 Å². The molecule has 1 N–H and O–H groups in total. The second kappa shape index (κ2) is 7.01. The van der Waals surface area contributed by atoms with Gasteiger partial charge in [0.2, 0.25) is 5.91 Å². The van der Waals surface area contributed by atoms with E-state index in [0.29, 0.717) is 0 Å². The van der Waals surface area contributed by atoms with Crippen LogP contribution in [0.3, 0.4) is 0 Å². The van der Waals surface area contributed by atoms with Crippen LogP contribution in [0.5, 0.6) is 0 Å². The van der Waals surface area contributed by atoms with Gasteiger partial charge in [-0.3, -0.25) is 4.79 Å². The molecule has 0 aliphatic carbocycles. The van der Waals surface area contributed by atoms with Gasteiger partial charge in [0.05, 0.1) is 16.5 Å². The normalized spacial score (nSPS) is 13.0. The Morgan fingerprint density at radius 2 is 2.15 bits per heavy atom. The molecule has 1 atom stereocenters. The fourth-order valence-electron chi connectivity index (χ4n) is 1.53. The molecule has 0 fully saturated rings. The maximum atomic E-state index is 13.0. The summed E-state index contributed by atoms with van der Waals surface area (Å²) in [4.78, 5) is 11.4. The molecular formula is C12H15ClFNO4S. The van der Waals surface area contributed by atoms with Gasteiger partial charge in [-0.25, -0.2) is 12.8 Å². The van der Waals surface area contributed by atoms with E-state index >= 15 is 0 Å². The predicted octanol–water partition coefficient (Wildman–Crippen LogP) is 1.40. The zero-order valence-electron chi connectivity index (χ0n) is 11.0. The van der Waals surface area contributed by atoms with Gasteiger partial charge in [0.25, 0.3) is 0 Å². The maximum absolute atomic E-state index is 13.0. The summed E-state index contributed by atoms with van der Waals surface area (Å²) in [6.07, 6.45) is 0. The molecule has 0 radical (unpaired) electrons. The van der Waals surface area contributed by atoms with Gasteiger partial charge >= 0.3 is 0 Å². The molecule has 5 nitrogen and oxygen atoms in total. The van der Waals surface area contributed by atoms with Gasteiger partial charge in [0, 0.05) is 13.2 Å². The largest absolute Gasteiger partial charge is 0.383 e. The lowest BCUT2D eigenvalue weighted by Crippen LogP contribution is -2.39. The van der Waals surface area contributed by atoms with Crippen molar-refractivity contribution in [3.63, 3.8) is 0 Å². The molecule has 0 bridgehead atoms. The van der Waals surface area contributed by atoms with Gasteiger partial charge in [0.1, 0.15) is 11.6 Å². The molecular weight excluding hydrogens is 309 g/mol. The third kappa shape index (κ3) is 4.73. The number of carbonyl (C=O) groups excluding carboxylic acids is 1. The highest BCUT2D eigenvalue weighted by Crippen LogP contribution is 2.20. The van der Waals surface area contributed by atoms with Crippen LogP contribution in [0.25, 0.3) is 0 Å². The van der Waals surface area contributed by atoms with Crippen LogP contribution in [-0.2, 0) is 19.4 Å². The number of sulfone groups is 1. The van der Waals surface area contributed by atoms with E-state index in [4.69, 9.17) is 16.3 Å². The van der Waals surface area contributed by atoms with Crippen molar-refractivity contribution in [3.05, 3.63) is 29.0 Å². The van der Waals surface area contributed by atoms with Crippen molar-refractivity contribution < 1.29 is 22.3 Å². The van der Waals surface area contributed by atoms with Gasteiger partial charge in [0.15, 0.2) is 9.84 Å². The van der Waals surface area contributed by atoms with E-state index in [1.165, 1.54) is 7.11 Å². The molecule has 0 saturated carbocycles. The average molecular weight is 324 g/mol. The minimum absolute atomic E-state index is 0.196. The molecule has 0 aliphatic rings. The van der Waals surface area contributed by atoms with Crippen molar-refractivity contribution in [3.8, 4) is 0 Å². The Balaban J connectivity index is 2.79. The number of hydrogen-bond donors (Lipinski definition) is 1. The molecule has 0 aromatic heterocycles. The number of carbonyl (C=O) groups is 1. The number of nitrogens with one attached hydrogen (secondary N) is 1. The Morgan fingerprint density at radius 3 is 2.70 bits per heavy atom. The zero-order chi connectivity index (χ0) is 15.3. The van der Waals surface area contributed by atoms with Crippen LogP contribution in [0, 0.1) is 5.82 Å². The summed E-state index contributed by atoms with van der Waals surface area (Å²) >= 11 is 5.53.